The first kappa shape index (κ1) is 17.2. The molecule has 2 aromatic rings. The fourth-order valence-electron chi connectivity index (χ4n) is 2.58. The molecule has 1 heterocycles. The topological polar surface area (TPSA) is 88.2 Å². The summed E-state index contributed by atoms with van der Waals surface area (Å²) in [6, 6.07) is 9.45. The van der Waals surface area contributed by atoms with E-state index in [0.29, 0.717) is 48.3 Å². The van der Waals surface area contributed by atoms with Crippen molar-refractivity contribution < 1.29 is 14.8 Å². The van der Waals surface area contributed by atoms with Crippen LogP contribution in [0.1, 0.15) is 5.56 Å². The fraction of sp³-hybridized carbons (Fsp3) is 0.235. The molecule has 1 saturated heterocycles. The number of nitrogens with zero attached hydrogens (tertiary/aromatic N) is 3. The lowest BCUT2D eigenvalue weighted by molar-refractivity contribution is -0.384. The molecule has 0 aliphatic carbocycles. The number of rotatable bonds is 4. The Morgan fingerprint density at radius 1 is 1.24 bits per heavy atom. The summed E-state index contributed by atoms with van der Waals surface area (Å²) in [6.45, 7) is 2.33. The van der Waals surface area contributed by atoms with Crippen molar-refractivity contribution in [3.05, 3.63) is 57.1 Å². The Hall–Kier alpha value is -2.64. The van der Waals surface area contributed by atoms with E-state index < -0.39 is 4.92 Å². The van der Waals surface area contributed by atoms with Gasteiger partial charge in [0.25, 0.3) is 5.69 Å². The first-order valence-corrected chi connectivity index (χ1v) is 8.06. The number of halogens is 1. The van der Waals surface area contributed by atoms with E-state index in [1.54, 1.807) is 18.2 Å². The molecule has 2 aromatic carbocycles. The average Bonchev–Trinajstić information content (AvgIpc) is 2.63. The lowest BCUT2D eigenvalue weighted by Crippen LogP contribution is -2.36. The number of nitro groups is 1. The normalized spacial score (nSPS) is 14.8. The molecule has 1 N–H and O–H groups in total. The molecular formula is C17H16ClN3O4. The summed E-state index contributed by atoms with van der Waals surface area (Å²) in [6.07, 6.45) is 1.46. The summed E-state index contributed by atoms with van der Waals surface area (Å²) in [5.41, 5.74) is 1.44. The number of aliphatic imine (C=N–C) groups is 1. The second-order valence-corrected chi connectivity index (χ2v) is 5.93. The highest BCUT2D eigenvalue weighted by atomic mass is 35.5. The van der Waals surface area contributed by atoms with Crippen LogP contribution in [-0.2, 0) is 4.74 Å². The van der Waals surface area contributed by atoms with Gasteiger partial charge >= 0.3 is 0 Å². The van der Waals surface area contributed by atoms with Gasteiger partial charge in [-0.1, -0.05) is 17.7 Å². The number of hydrogen-bond donors (Lipinski definition) is 1. The number of anilines is 1. The smallest absolute Gasteiger partial charge is 0.293 e. The van der Waals surface area contributed by atoms with Crippen molar-refractivity contribution in [3.8, 4) is 5.75 Å². The lowest BCUT2D eigenvalue weighted by Gasteiger charge is -2.28. The second-order valence-electron chi connectivity index (χ2n) is 5.50. The zero-order valence-corrected chi connectivity index (χ0v) is 14.0. The van der Waals surface area contributed by atoms with E-state index in [1.807, 2.05) is 4.90 Å². The van der Waals surface area contributed by atoms with Gasteiger partial charge in [-0.05, 0) is 29.8 Å². The SMILES string of the molecule is O=[N+]([O-])c1cc(C=Nc2cc(Cl)ccc2O)ccc1N1CCOCC1. The van der Waals surface area contributed by atoms with Crippen molar-refractivity contribution >= 4 is 34.9 Å². The van der Waals surface area contributed by atoms with Crippen LogP contribution in [0.5, 0.6) is 5.75 Å². The highest BCUT2D eigenvalue weighted by Crippen LogP contribution is 2.31. The fourth-order valence-corrected chi connectivity index (χ4v) is 2.75. The van der Waals surface area contributed by atoms with E-state index in [2.05, 4.69) is 4.99 Å². The maximum Gasteiger partial charge on any atom is 0.293 e. The number of phenolic OH excluding ortho intramolecular Hbond substituents is 1. The molecule has 0 bridgehead atoms. The zero-order chi connectivity index (χ0) is 17.8. The molecule has 7 nitrogen and oxygen atoms in total. The molecule has 1 aliphatic heterocycles. The van der Waals surface area contributed by atoms with Gasteiger partial charge in [-0.25, -0.2) is 0 Å². The predicted molar refractivity (Wildman–Crippen MR) is 96.5 cm³/mol. The maximum atomic E-state index is 11.4. The maximum absolute atomic E-state index is 11.4. The van der Waals surface area contributed by atoms with Crippen LogP contribution in [0.4, 0.5) is 17.1 Å². The molecule has 1 fully saturated rings. The van der Waals surface area contributed by atoms with Crippen LogP contribution in [0.3, 0.4) is 0 Å². The van der Waals surface area contributed by atoms with E-state index in [4.69, 9.17) is 16.3 Å². The molecule has 0 unspecified atom stereocenters. The lowest BCUT2D eigenvalue weighted by atomic mass is 10.1. The van der Waals surface area contributed by atoms with Gasteiger partial charge in [0.2, 0.25) is 0 Å². The van der Waals surface area contributed by atoms with Crippen LogP contribution >= 0.6 is 11.6 Å². The monoisotopic (exact) mass is 361 g/mol. The van der Waals surface area contributed by atoms with Crippen LogP contribution in [0, 0.1) is 10.1 Å². The van der Waals surface area contributed by atoms with Gasteiger partial charge in [0.1, 0.15) is 17.1 Å². The van der Waals surface area contributed by atoms with Crippen LogP contribution in [0.2, 0.25) is 5.02 Å². The van der Waals surface area contributed by atoms with Gasteiger partial charge in [0.05, 0.1) is 18.1 Å². The number of aromatic hydroxyl groups is 1. The minimum Gasteiger partial charge on any atom is -0.506 e. The molecule has 0 aromatic heterocycles. The number of benzene rings is 2. The minimum absolute atomic E-state index is 0.0138. The summed E-state index contributed by atoms with van der Waals surface area (Å²) in [5.74, 6) is -0.0138. The Balaban J connectivity index is 1.90. The molecule has 130 valence electrons. The van der Waals surface area contributed by atoms with Crippen molar-refractivity contribution in [1.82, 2.24) is 0 Å². The molecule has 0 radical (unpaired) electrons. The third kappa shape index (κ3) is 4.07. The highest BCUT2D eigenvalue weighted by molar-refractivity contribution is 6.30. The van der Waals surface area contributed by atoms with Gasteiger partial charge in [-0.3, -0.25) is 15.1 Å². The minimum atomic E-state index is -0.404. The van der Waals surface area contributed by atoms with Gasteiger partial charge < -0.3 is 14.7 Å². The van der Waals surface area contributed by atoms with Gasteiger partial charge in [0.15, 0.2) is 0 Å². The number of hydrogen-bond acceptors (Lipinski definition) is 6. The zero-order valence-electron chi connectivity index (χ0n) is 13.3. The third-order valence-corrected chi connectivity index (χ3v) is 4.07. The van der Waals surface area contributed by atoms with E-state index in [0.717, 1.165) is 0 Å². The summed E-state index contributed by atoms with van der Waals surface area (Å²) in [5, 5.41) is 21.6. The standard InChI is InChI=1S/C17H16ClN3O4/c18-13-2-4-17(22)14(10-13)19-11-12-1-3-15(16(9-12)21(23)24)20-5-7-25-8-6-20/h1-4,9-11,22H,5-8H2. The number of phenols is 1. The summed E-state index contributed by atoms with van der Waals surface area (Å²) in [4.78, 5) is 17.1. The van der Waals surface area contributed by atoms with E-state index >= 15 is 0 Å². The summed E-state index contributed by atoms with van der Waals surface area (Å²) in [7, 11) is 0. The van der Waals surface area contributed by atoms with E-state index in [-0.39, 0.29) is 11.4 Å². The Morgan fingerprint density at radius 2 is 2.00 bits per heavy atom. The van der Waals surface area contributed by atoms with Gasteiger partial charge in [0, 0.05) is 30.4 Å². The molecule has 8 heteroatoms. The predicted octanol–water partition coefficient (Wildman–Crippen LogP) is 3.54. The molecule has 0 atom stereocenters. The first-order chi connectivity index (χ1) is 12.0. The third-order valence-electron chi connectivity index (χ3n) is 3.84. The number of nitro benzene ring substituents is 1. The molecule has 0 amide bonds. The van der Waals surface area contributed by atoms with E-state index in [1.165, 1.54) is 24.4 Å². The first-order valence-electron chi connectivity index (χ1n) is 7.68. The molecule has 0 saturated carbocycles. The molecule has 1 aliphatic rings. The van der Waals surface area contributed by atoms with Crippen LogP contribution in [0.15, 0.2) is 41.4 Å². The molecule has 0 spiro atoms. The quantitative estimate of drug-likeness (QED) is 0.511. The average molecular weight is 362 g/mol. The van der Waals surface area contributed by atoms with Crippen molar-refractivity contribution in [2.45, 2.75) is 0 Å². The Morgan fingerprint density at radius 3 is 2.72 bits per heavy atom. The van der Waals surface area contributed by atoms with Crippen molar-refractivity contribution in [2.24, 2.45) is 4.99 Å². The molecular weight excluding hydrogens is 346 g/mol. The highest BCUT2D eigenvalue weighted by Gasteiger charge is 2.21. The summed E-state index contributed by atoms with van der Waals surface area (Å²) >= 11 is 5.88. The van der Waals surface area contributed by atoms with E-state index in [9.17, 15) is 15.2 Å². The molecule has 25 heavy (non-hydrogen) atoms. The Kier molecular flexibility index (Phi) is 5.16. The van der Waals surface area contributed by atoms with Crippen LogP contribution in [-0.4, -0.2) is 42.5 Å². The second kappa shape index (κ2) is 7.50. The largest absolute Gasteiger partial charge is 0.506 e. The number of ether oxygens (including phenoxy) is 1. The number of morpholine rings is 1. The van der Waals surface area contributed by atoms with Crippen molar-refractivity contribution in [1.29, 1.82) is 0 Å². The van der Waals surface area contributed by atoms with Gasteiger partial charge in [-0.15, -0.1) is 0 Å². The van der Waals surface area contributed by atoms with Gasteiger partial charge in [-0.2, -0.15) is 0 Å². The Labute approximate surface area is 149 Å². The van der Waals surface area contributed by atoms with Crippen LogP contribution < -0.4 is 4.90 Å². The Bertz CT molecular complexity index is 820. The van der Waals surface area contributed by atoms with Crippen molar-refractivity contribution in [3.63, 3.8) is 0 Å². The molecule has 3 rings (SSSR count). The van der Waals surface area contributed by atoms with Crippen molar-refractivity contribution in [2.75, 3.05) is 31.2 Å². The van der Waals surface area contributed by atoms with Crippen LogP contribution in [0.25, 0.3) is 0 Å². The summed E-state index contributed by atoms with van der Waals surface area (Å²) < 4.78 is 5.29.